The molecule has 0 saturated carbocycles. The van der Waals surface area contributed by atoms with Gasteiger partial charge in [-0.2, -0.15) is 0 Å². The van der Waals surface area contributed by atoms with Crippen LogP contribution in [0.3, 0.4) is 0 Å². The number of amides is 2. The number of nitrogens with one attached hydrogen (secondary N) is 2. The number of fused-ring (bicyclic) bond motifs is 2. The van der Waals surface area contributed by atoms with Crippen molar-refractivity contribution in [2.24, 2.45) is 17.2 Å². The Labute approximate surface area is 262 Å². The number of nitrogens with two attached hydrogens (primary N) is 4. The fourth-order valence-corrected chi connectivity index (χ4v) is 3.64. The van der Waals surface area contributed by atoms with E-state index >= 15 is 0 Å². The maximum atomic E-state index is 11.0. The number of hydrogen-bond donors (Lipinski definition) is 9. The summed E-state index contributed by atoms with van der Waals surface area (Å²) in [6.07, 6.45) is 1.85. The van der Waals surface area contributed by atoms with E-state index in [1.165, 1.54) is 19.9 Å². The standard InChI is InChI=1S/C11H12N2O2.C10H9NO2.C5H9NO3.C4H8N2O3/c12-9(11(14)15)5-7-6-13-10-4-2-1-3-8(7)10;1-6-4-10(12)13-9-5-7(11)2-3-8(6)9;1-3(5(8)9)6-4(2)7;5-2(4(8)9)1-3(6)7/h1-4,6,9,13H,5,12H2,(H,14,15);2-5H,11H2,1H3;3H,1-2H3,(H,6,7)(H,8,9);2H,1,5H2,(H2,6,7)(H,8,9)/t9-;;3-;2-/m0.00/s1. The number of benzene rings is 2. The Balaban J connectivity index is 0.000000316. The molecular formula is C30H38N6O10. The Kier molecular flexibility index (Phi) is 15.1. The number of nitrogen functional groups attached to an aromatic ring is 1. The van der Waals surface area contributed by atoms with Gasteiger partial charge in [0.05, 0.1) is 6.42 Å². The van der Waals surface area contributed by atoms with Gasteiger partial charge < -0.3 is 53.0 Å². The topological polar surface area (TPSA) is 308 Å². The first-order chi connectivity index (χ1) is 21.4. The summed E-state index contributed by atoms with van der Waals surface area (Å²) in [5.41, 5.74) is 24.3. The van der Waals surface area contributed by atoms with Crippen LogP contribution in [0, 0.1) is 6.92 Å². The molecule has 0 aliphatic heterocycles. The number of carbonyl (C=O) groups excluding carboxylic acids is 2. The molecule has 0 aliphatic rings. The number of aromatic nitrogens is 1. The second-order valence-corrected chi connectivity index (χ2v) is 9.89. The molecule has 0 unspecified atom stereocenters. The van der Waals surface area contributed by atoms with E-state index in [-0.39, 0.29) is 18.0 Å². The second kappa shape index (κ2) is 18.2. The number of carboxylic acids is 3. The van der Waals surface area contributed by atoms with E-state index in [2.05, 4.69) is 16.0 Å². The van der Waals surface area contributed by atoms with Crippen LogP contribution in [-0.2, 0) is 30.4 Å². The van der Waals surface area contributed by atoms with Crippen LogP contribution in [0.2, 0.25) is 0 Å². The number of rotatable bonds is 8. The van der Waals surface area contributed by atoms with Gasteiger partial charge in [0.2, 0.25) is 11.8 Å². The highest BCUT2D eigenvalue weighted by Crippen LogP contribution is 2.19. The lowest BCUT2D eigenvalue weighted by molar-refractivity contribution is -0.141. The summed E-state index contributed by atoms with van der Waals surface area (Å²) in [7, 11) is 0. The van der Waals surface area contributed by atoms with Crippen molar-refractivity contribution in [2.75, 3.05) is 5.73 Å². The van der Waals surface area contributed by atoms with Crippen LogP contribution in [-0.4, -0.2) is 68.2 Å². The van der Waals surface area contributed by atoms with Crippen molar-refractivity contribution in [3.05, 3.63) is 76.3 Å². The third kappa shape index (κ3) is 13.3. The van der Waals surface area contributed by atoms with E-state index in [1.54, 1.807) is 12.1 Å². The number of aryl methyl sites for hydroxylation is 1. The first-order valence-electron chi connectivity index (χ1n) is 13.5. The quantitative estimate of drug-likeness (QED) is 0.0944. The molecule has 4 rings (SSSR count). The van der Waals surface area contributed by atoms with Gasteiger partial charge >= 0.3 is 23.5 Å². The van der Waals surface area contributed by atoms with Crippen molar-refractivity contribution < 1.29 is 43.7 Å². The molecule has 2 aromatic heterocycles. The van der Waals surface area contributed by atoms with Gasteiger partial charge in [0.1, 0.15) is 23.7 Å². The molecule has 3 atom stereocenters. The van der Waals surface area contributed by atoms with Crippen LogP contribution < -0.4 is 33.9 Å². The summed E-state index contributed by atoms with van der Waals surface area (Å²) in [5.74, 6) is -4.24. The van der Waals surface area contributed by atoms with Gasteiger partial charge in [-0.3, -0.25) is 24.0 Å². The van der Waals surface area contributed by atoms with Gasteiger partial charge in [0.25, 0.3) is 0 Å². The minimum Gasteiger partial charge on any atom is -0.480 e. The van der Waals surface area contributed by atoms with Crippen molar-refractivity contribution in [3.63, 3.8) is 0 Å². The number of primary amides is 1. The lowest BCUT2D eigenvalue weighted by Gasteiger charge is -2.04. The molecule has 248 valence electrons. The highest BCUT2D eigenvalue weighted by molar-refractivity contribution is 5.85. The molecule has 2 heterocycles. The smallest absolute Gasteiger partial charge is 0.336 e. The van der Waals surface area contributed by atoms with Crippen LogP contribution in [0.15, 0.2) is 63.9 Å². The largest absolute Gasteiger partial charge is 0.480 e. The number of hydrogen-bond acceptors (Lipinski definition) is 10. The van der Waals surface area contributed by atoms with Gasteiger partial charge in [0.15, 0.2) is 0 Å². The summed E-state index contributed by atoms with van der Waals surface area (Å²) in [4.78, 5) is 64.8. The first kappa shape index (κ1) is 38.3. The molecule has 16 heteroatoms. The van der Waals surface area contributed by atoms with Gasteiger partial charge in [-0.25, -0.2) is 4.79 Å². The zero-order valence-electron chi connectivity index (χ0n) is 25.4. The molecular weight excluding hydrogens is 604 g/mol. The second-order valence-electron chi connectivity index (χ2n) is 9.89. The van der Waals surface area contributed by atoms with Crippen LogP contribution in [0.1, 0.15) is 31.4 Å². The lowest BCUT2D eigenvalue weighted by atomic mass is 10.1. The summed E-state index contributed by atoms with van der Waals surface area (Å²) >= 11 is 0. The highest BCUT2D eigenvalue weighted by atomic mass is 16.4. The van der Waals surface area contributed by atoms with Crippen LogP contribution in [0.25, 0.3) is 21.9 Å². The van der Waals surface area contributed by atoms with Gasteiger partial charge in [-0.15, -0.1) is 0 Å². The van der Waals surface area contributed by atoms with Crippen molar-refractivity contribution in [1.29, 1.82) is 0 Å². The van der Waals surface area contributed by atoms with Gasteiger partial charge in [-0.05, 0) is 43.2 Å². The van der Waals surface area contributed by atoms with E-state index in [9.17, 15) is 28.8 Å². The number of para-hydroxylation sites is 1. The Morgan fingerprint density at radius 3 is 2.02 bits per heavy atom. The zero-order valence-corrected chi connectivity index (χ0v) is 25.4. The number of anilines is 1. The highest BCUT2D eigenvalue weighted by Gasteiger charge is 2.15. The Hall–Kier alpha value is -5.74. The third-order valence-corrected chi connectivity index (χ3v) is 5.94. The van der Waals surface area contributed by atoms with E-state index < -0.39 is 41.9 Å². The normalized spacial score (nSPS) is 12.0. The van der Waals surface area contributed by atoms with E-state index in [1.807, 2.05) is 43.5 Å². The molecule has 16 nitrogen and oxygen atoms in total. The minimum atomic E-state index is -1.21. The molecule has 2 amide bonds. The van der Waals surface area contributed by atoms with E-state index in [0.29, 0.717) is 17.7 Å². The zero-order chi connectivity index (χ0) is 35.1. The minimum absolute atomic E-state index is 0.310. The fraction of sp³-hybridized carbons (Fsp3) is 0.267. The van der Waals surface area contributed by atoms with Gasteiger partial charge in [-0.1, -0.05) is 18.2 Å². The van der Waals surface area contributed by atoms with E-state index in [0.717, 1.165) is 27.4 Å². The number of H-pyrrole nitrogens is 1. The predicted octanol–water partition coefficient (Wildman–Crippen LogP) is 0.675. The number of carboxylic acid groups (broad SMARTS) is 3. The summed E-state index contributed by atoms with van der Waals surface area (Å²) in [5, 5.41) is 29.2. The number of carbonyl (C=O) groups is 5. The van der Waals surface area contributed by atoms with Crippen molar-refractivity contribution in [1.82, 2.24) is 10.3 Å². The first-order valence-corrected chi connectivity index (χ1v) is 13.5. The molecule has 0 bridgehead atoms. The maximum Gasteiger partial charge on any atom is 0.336 e. The van der Waals surface area contributed by atoms with Crippen molar-refractivity contribution in [2.45, 2.75) is 51.7 Å². The molecule has 0 spiro atoms. The molecule has 2 aromatic carbocycles. The van der Waals surface area contributed by atoms with Crippen LogP contribution in [0.5, 0.6) is 0 Å². The predicted molar refractivity (Wildman–Crippen MR) is 170 cm³/mol. The molecule has 13 N–H and O–H groups in total. The molecule has 4 aromatic rings. The number of aliphatic carboxylic acids is 3. The van der Waals surface area contributed by atoms with Crippen molar-refractivity contribution >= 4 is 57.3 Å². The number of aromatic amines is 1. The average Bonchev–Trinajstić information content (AvgIpc) is 3.35. The average molecular weight is 643 g/mol. The lowest BCUT2D eigenvalue weighted by Crippen LogP contribution is -2.36. The molecule has 46 heavy (non-hydrogen) atoms. The maximum absolute atomic E-state index is 11.0. The molecule has 0 saturated heterocycles. The Morgan fingerprint density at radius 1 is 0.913 bits per heavy atom. The fourth-order valence-electron chi connectivity index (χ4n) is 3.64. The van der Waals surface area contributed by atoms with Gasteiger partial charge in [0, 0.05) is 53.7 Å². The van der Waals surface area contributed by atoms with Crippen LogP contribution in [0.4, 0.5) is 5.69 Å². The summed E-state index contributed by atoms with van der Waals surface area (Å²) in [6.45, 7) is 4.55. The van der Waals surface area contributed by atoms with Crippen LogP contribution >= 0.6 is 0 Å². The SMILES string of the molecule is CC(=O)N[C@@H](C)C(=O)O.Cc1cc(=O)oc2cc(N)ccc12.NC(=O)C[C@H](N)C(=O)O.N[C@@H](Cc1c[nH]c2ccccc12)C(=O)O. The summed E-state index contributed by atoms with van der Waals surface area (Å²) < 4.78 is 4.99. The molecule has 0 fully saturated rings. The Morgan fingerprint density at radius 2 is 1.52 bits per heavy atom. The van der Waals surface area contributed by atoms with E-state index in [4.69, 9.17) is 36.9 Å². The Bertz CT molecular complexity index is 1700. The molecule has 0 radical (unpaired) electrons. The molecule has 0 aliphatic carbocycles. The summed E-state index contributed by atoms with van der Waals surface area (Å²) in [6, 6.07) is 11.7. The van der Waals surface area contributed by atoms with Crippen molar-refractivity contribution in [3.8, 4) is 0 Å². The third-order valence-electron chi connectivity index (χ3n) is 5.94. The monoisotopic (exact) mass is 642 g/mol.